The van der Waals surface area contributed by atoms with E-state index in [4.69, 9.17) is 4.74 Å². The van der Waals surface area contributed by atoms with Crippen molar-refractivity contribution in [1.82, 2.24) is 15.1 Å². The molecule has 2 fully saturated rings. The summed E-state index contributed by atoms with van der Waals surface area (Å²) in [5.74, 6) is 2.04. The van der Waals surface area contributed by atoms with E-state index in [-0.39, 0.29) is 11.3 Å². The van der Waals surface area contributed by atoms with Crippen molar-refractivity contribution in [2.75, 3.05) is 65.9 Å². The molecular weight excluding hydrogens is 366 g/mol. The number of hydrogen-bond acceptors (Lipinski definition) is 4. The fourth-order valence-corrected chi connectivity index (χ4v) is 4.62. The van der Waals surface area contributed by atoms with Crippen LogP contribution in [-0.4, -0.2) is 82.6 Å². The van der Waals surface area contributed by atoms with Gasteiger partial charge in [0.05, 0.1) is 18.2 Å². The molecule has 1 amide bonds. The summed E-state index contributed by atoms with van der Waals surface area (Å²) in [6.07, 6.45) is 4.15. The van der Waals surface area contributed by atoms with Crippen LogP contribution in [0.5, 0.6) is 5.75 Å². The number of benzene rings is 1. The van der Waals surface area contributed by atoms with E-state index < -0.39 is 0 Å². The predicted octanol–water partition coefficient (Wildman–Crippen LogP) is 2.04. The van der Waals surface area contributed by atoms with Crippen molar-refractivity contribution >= 4 is 17.6 Å². The molecule has 1 aromatic rings. The number of nitrogens with one attached hydrogen (secondary N) is 1. The van der Waals surface area contributed by atoms with Crippen LogP contribution in [0.15, 0.2) is 29.3 Å². The zero-order chi connectivity index (χ0) is 20.9. The second kappa shape index (κ2) is 9.37. The number of guanidine groups is 1. The van der Waals surface area contributed by atoms with E-state index in [9.17, 15) is 4.79 Å². The highest BCUT2D eigenvalue weighted by Gasteiger charge is 2.42. The standard InChI is InChI=1S/C22H35N5O2/c1-23-21(24-17-22(11-7-8-12-22)20(28)25(2)3)27-15-13-26(14-16-27)18-9-5-6-10-19(18)29-4/h5-6,9-10H,7-8,11-17H2,1-4H3,(H,23,24). The SMILES string of the molecule is CN=C(NCC1(C(=O)N(C)C)CCCC1)N1CCN(c2ccccc2OC)CC1. The van der Waals surface area contributed by atoms with Gasteiger partial charge in [-0.1, -0.05) is 25.0 Å². The molecule has 0 unspecified atom stereocenters. The van der Waals surface area contributed by atoms with Crippen LogP contribution in [0.25, 0.3) is 0 Å². The van der Waals surface area contributed by atoms with Crippen LogP contribution in [-0.2, 0) is 4.79 Å². The van der Waals surface area contributed by atoms with Crippen LogP contribution in [0.4, 0.5) is 5.69 Å². The molecule has 1 saturated heterocycles. The first-order valence-electron chi connectivity index (χ1n) is 10.6. The number of para-hydroxylation sites is 2. The summed E-state index contributed by atoms with van der Waals surface area (Å²) >= 11 is 0. The summed E-state index contributed by atoms with van der Waals surface area (Å²) < 4.78 is 5.52. The summed E-state index contributed by atoms with van der Waals surface area (Å²) in [5, 5.41) is 3.52. The van der Waals surface area contributed by atoms with E-state index >= 15 is 0 Å². The van der Waals surface area contributed by atoms with Crippen molar-refractivity contribution in [3.05, 3.63) is 24.3 Å². The number of amides is 1. The van der Waals surface area contributed by atoms with Gasteiger partial charge in [0.25, 0.3) is 0 Å². The molecule has 160 valence electrons. The molecule has 1 N–H and O–H groups in total. The van der Waals surface area contributed by atoms with Gasteiger partial charge in [-0.15, -0.1) is 0 Å². The van der Waals surface area contributed by atoms with Crippen molar-refractivity contribution in [2.24, 2.45) is 10.4 Å². The smallest absolute Gasteiger partial charge is 0.230 e. The highest BCUT2D eigenvalue weighted by atomic mass is 16.5. The van der Waals surface area contributed by atoms with Gasteiger partial charge >= 0.3 is 0 Å². The van der Waals surface area contributed by atoms with Crippen molar-refractivity contribution in [3.63, 3.8) is 0 Å². The van der Waals surface area contributed by atoms with Crippen LogP contribution in [0.1, 0.15) is 25.7 Å². The minimum Gasteiger partial charge on any atom is -0.495 e. The number of carbonyl (C=O) groups is 1. The number of aliphatic imine (C=N–C) groups is 1. The topological polar surface area (TPSA) is 60.4 Å². The number of carbonyl (C=O) groups excluding carboxylic acids is 1. The third-order valence-corrected chi connectivity index (χ3v) is 6.22. The van der Waals surface area contributed by atoms with Crippen molar-refractivity contribution in [2.45, 2.75) is 25.7 Å². The lowest BCUT2D eigenvalue weighted by molar-refractivity contribution is -0.138. The Kier molecular flexibility index (Phi) is 6.87. The van der Waals surface area contributed by atoms with E-state index in [2.05, 4.69) is 26.2 Å². The average molecular weight is 402 g/mol. The first-order valence-corrected chi connectivity index (χ1v) is 10.6. The number of rotatable bonds is 5. The zero-order valence-electron chi connectivity index (χ0n) is 18.3. The fraction of sp³-hybridized carbons (Fsp3) is 0.636. The van der Waals surface area contributed by atoms with Crippen LogP contribution in [0, 0.1) is 5.41 Å². The van der Waals surface area contributed by atoms with Crippen LogP contribution in [0.2, 0.25) is 0 Å². The maximum Gasteiger partial charge on any atom is 0.230 e. The van der Waals surface area contributed by atoms with Crippen LogP contribution in [0.3, 0.4) is 0 Å². The normalized spacial score (nSPS) is 19.2. The van der Waals surface area contributed by atoms with Gasteiger partial charge in [0, 0.05) is 53.9 Å². The van der Waals surface area contributed by atoms with E-state index in [0.29, 0.717) is 6.54 Å². The Hall–Kier alpha value is -2.44. The molecule has 3 rings (SSSR count). The molecule has 1 heterocycles. The molecule has 1 aliphatic carbocycles. The third-order valence-electron chi connectivity index (χ3n) is 6.22. The van der Waals surface area contributed by atoms with Gasteiger partial charge in [-0.3, -0.25) is 9.79 Å². The summed E-state index contributed by atoms with van der Waals surface area (Å²) in [7, 11) is 7.25. The number of nitrogens with zero attached hydrogens (tertiary/aromatic N) is 4. The van der Waals surface area contributed by atoms with Crippen LogP contribution >= 0.6 is 0 Å². The fourth-order valence-electron chi connectivity index (χ4n) is 4.62. The molecule has 7 nitrogen and oxygen atoms in total. The van der Waals surface area contributed by atoms with E-state index in [1.54, 1.807) is 12.0 Å². The first-order chi connectivity index (χ1) is 14.0. The van der Waals surface area contributed by atoms with Gasteiger partial charge in [0.1, 0.15) is 5.75 Å². The van der Waals surface area contributed by atoms with Gasteiger partial charge in [0.15, 0.2) is 5.96 Å². The monoisotopic (exact) mass is 401 g/mol. The molecule has 1 aliphatic heterocycles. The van der Waals surface area contributed by atoms with E-state index in [0.717, 1.165) is 69.3 Å². The Morgan fingerprint density at radius 1 is 1.17 bits per heavy atom. The molecule has 0 aromatic heterocycles. The summed E-state index contributed by atoms with van der Waals surface area (Å²) in [6, 6.07) is 8.16. The Morgan fingerprint density at radius 3 is 2.41 bits per heavy atom. The Morgan fingerprint density at radius 2 is 1.83 bits per heavy atom. The van der Waals surface area contributed by atoms with Crippen molar-refractivity contribution in [1.29, 1.82) is 0 Å². The number of ether oxygens (including phenoxy) is 1. The molecule has 1 aromatic carbocycles. The minimum atomic E-state index is -0.293. The maximum atomic E-state index is 12.8. The number of anilines is 1. The largest absolute Gasteiger partial charge is 0.495 e. The number of hydrogen-bond donors (Lipinski definition) is 1. The van der Waals surface area contributed by atoms with Crippen LogP contribution < -0.4 is 15.0 Å². The van der Waals surface area contributed by atoms with Gasteiger partial charge in [-0.2, -0.15) is 0 Å². The maximum absolute atomic E-state index is 12.8. The summed E-state index contributed by atoms with van der Waals surface area (Å²) in [6.45, 7) is 4.23. The molecule has 0 bridgehead atoms. The number of piperazine rings is 1. The summed E-state index contributed by atoms with van der Waals surface area (Å²) in [4.78, 5) is 23.7. The second-order valence-electron chi connectivity index (χ2n) is 8.23. The predicted molar refractivity (Wildman–Crippen MR) is 118 cm³/mol. The molecule has 1 saturated carbocycles. The van der Waals surface area contributed by atoms with Crippen molar-refractivity contribution < 1.29 is 9.53 Å². The van der Waals surface area contributed by atoms with Gasteiger partial charge < -0.3 is 24.8 Å². The average Bonchev–Trinajstić information content (AvgIpc) is 3.24. The molecule has 29 heavy (non-hydrogen) atoms. The molecule has 2 aliphatic rings. The second-order valence-corrected chi connectivity index (χ2v) is 8.23. The van der Waals surface area contributed by atoms with Gasteiger partial charge in [-0.25, -0.2) is 0 Å². The van der Waals surface area contributed by atoms with E-state index in [1.165, 1.54) is 0 Å². The Bertz CT molecular complexity index is 720. The third kappa shape index (κ3) is 4.60. The zero-order valence-corrected chi connectivity index (χ0v) is 18.3. The molecular formula is C22H35N5O2. The lowest BCUT2D eigenvalue weighted by Gasteiger charge is -2.39. The molecule has 7 heteroatoms. The first kappa shape index (κ1) is 21.3. The van der Waals surface area contributed by atoms with Gasteiger partial charge in [0.2, 0.25) is 5.91 Å². The quantitative estimate of drug-likeness (QED) is 0.604. The molecule has 0 spiro atoms. The van der Waals surface area contributed by atoms with E-state index in [1.807, 2.05) is 39.3 Å². The Labute approximate surface area is 174 Å². The minimum absolute atomic E-state index is 0.235. The highest BCUT2D eigenvalue weighted by molar-refractivity contribution is 5.85. The molecule has 0 atom stereocenters. The summed E-state index contributed by atoms with van der Waals surface area (Å²) in [5.41, 5.74) is 0.845. The van der Waals surface area contributed by atoms with Crippen molar-refractivity contribution in [3.8, 4) is 5.75 Å². The lowest BCUT2D eigenvalue weighted by atomic mass is 9.84. The molecule has 0 radical (unpaired) electrons. The Balaban J connectivity index is 1.60. The number of methoxy groups -OCH3 is 1. The highest BCUT2D eigenvalue weighted by Crippen LogP contribution is 2.39. The lowest BCUT2D eigenvalue weighted by Crippen LogP contribution is -2.55. The van der Waals surface area contributed by atoms with Gasteiger partial charge in [-0.05, 0) is 25.0 Å².